The predicted octanol–water partition coefficient (Wildman–Crippen LogP) is 3.21. The van der Waals surface area contributed by atoms with Gasteiger partial charge in [0, 0.05) is 18.1 Å². The van der Waals surface area contributed by atoms with Crippen LogP contribution in [0, 0.1) is 16.2 Å². The second kappa shape index (κ2) is 9.12. The van der Waals surface area contributed by atoms with Crippen LogP contribution in [0.1, 0.15) is 69.2 Å². The molecule has 4 atom stereocenters. The first-order valence-electron chi connectivity index (χ1n) is 11.3. The van der Waals surface area contributed by atoms with Gasteiger partial charge in [0.25, 0.3) is 5.91 Å². The molecule has 0 unspecified atom stereocenters. The number of nitrogens with zero attached hydrogens (tertiary/aromatic N) is 1. The Hall–Kier alpha value is -1.77. The van der Waals surface area contributed by atoms with Crippen molar-refractivity contribution in [3.05, 3.63) is 0 Å². The molecule has 0 aliphatic carbocycles. The zero-order valence-electron chi connectivity index (χ0n) is 21.6. The highest BCUT2D eigenvalue weighted by molar-refractivity contribution is 7.99. The Morgan fingerprint density at radius 1 is 0.848 bits per heavy atom. The second-order valence-electron chi connectivity index (χ2n) is 12.2. The van der Waals surface area contributed by atoms with Crippen LogP contribution in [-0.4, -0.2) is 70.6 Å². The molecule has 0 aromatic carbocycles. The monoisotopic (exact) mass is 485 g/mol. The van der Waals surface area contributed by atoms with E-state index in [0.29, 0.717) is 18.1 Å². The molecule has 2 saturated heterocycles. The van der Waals surface area contributed by atoms with Gasteiger partial charge in [-0.2, -0.15) is 11.8 Å². The molecule has 0 aromatic heterocycles. The Kier molecular flexibility index (Phi) is 7.59. The number of thioether (sulfide) groups is 1. The zero-order chi connectivity index (χ0) is 25.6. The van der Waals surface area contributed by atoms with Crippen LogP contribution in [0.5, 0.6) is 0 Å². The summed E-state index contributed by atoms with van der Waals surface area (Å²) in [4.78, 5) is 53.9. The number of amides is 1. The summed E-state index contributed by atoms with van der Waals surface area (Å²) in [6.45, 7) is 17.5. The molecule has 2 aliphatic heterocycles. The van der Waals surface area contributed by atoms with E-state index in [1.807, 2.05) is 6.92 Å². The zero-order valence-corrected chi connectivity index (χ0v) is 22.4. The number of carbonyl (C=O) groups excluding carboxylic acids is 4. The van der Waals surface area contributed by atoms with Crippen molar-refractivity contribution >= 4 is 35.6 Å². The maximum absolute atomic E-state index is 13.6. The van der Waals surface area contributed by atoms with Crippen molar-refractivity contribution in [2.45, 2.75) is 93.1 Å². The third kappa shape index (κ3) is 5.84. The fourth-order valence-electron chi connectivity index (χ4n) is 3.49. The summed E-state index contributed by atoms with van der Waals surface area (Å²) in [6.07, 6.45) is -3.67. The van der Waals surface area contributed by atoms with E-state index in [9.17, 15) is 19.2 Å². The molecular weight excluding hydrogens is 446 g/mol. The van der Waals surface area contributed by atoms with Gasteiger partial charge < -0.3 is 19.1 Å². The molecule has 0 N–H and O–H groups in total. The van der Waals surface area contributed by atoms with Crippen molar-refractivity contribution in [3.8, 4) is 0 Å². The van der Waals surface area contributed by atoms with Gasteiger partial charge in [-0.15, -0.1) is 0 Å². The first kappa shape index (κ1) is 27.5. The summed E-state index contributed by atoms with van der Waals surface area (Å²) < 4.78 is 17.5. The predicted molar refractivity (Wildman–Crippen MR) is 125 cm³/mol. The van der Waals surface area contributed by atoms with E-state index >= 15 is 0 Å². The first-order valence-corrected chi connectivity index (χ1v) is 12.5. The minimum absolute atomic E-state index is 0.410. The smallest absolute Gasteiger partial charge is 0.312 e. The number of rotatable bonds is 3. The van der Waals surface area contributed by atoms with Crippen LogP contribution in [0.25, 0.3) is 0 Å². The van der Waals surface area contributed by atoms with Crippen LogP contribution in [0.4, 0.5) is 0 Å². The number of ether oxygens (including phenoxy) is 3. The van der Waals surface area contributed by atoms with E-state index in [0.717, 1.165) is 0 Å². The lowest BCUT2D eigenvalue weighted by molar-refractivity contribution is -0.225. The Morgan fingerprint density at radius 2 is 1.30 bits per heavy atom. The van der Waals surface area contributed by atoms with E-state index in [1.165, 1.54) is 0 Å². The summed E-state index contributed by atoms with van der Waals surface area (Å²) in [7, 11) is 0. The third-order valence-corrected chi connectivity index (χ3v) is 7.00. The number of esters is 3. The summed E-state index contributed by atoms with van der Waals surface area (Å²) in [5.74, 6) is -0.915. The van der Waals surface area contributed by atoms with Crippen molar-refractivity contribution < 1.29 is 33.4 Å². The fraction of sp³-hybridized carbons (Fsp3) is 0.833. The molecule has 188 valence electrons. The average molecular weight is 486 g/mol. The van der Waals surface area contributed by atoms with Gasteiger partial charge in [0.05, 0.1) is 21.8 Å². The normalized spacial score (nSPS) is 28.6. The van der Waals surface area contributed by atoms with Crippen molar-refractivity contribution in [1.82, 2.24) is 4.90 Å². The molecule has 0 radical (unpaired) electrons. The van der Waals surface area contributed by atoms with Gasteiger partial charge in [0.2, 0.25) is 6.10 Å². The SMILES string of the molecule is CC(C)(C)C(=O)O[C@H]1[C@@H](OC(=O)C(C)(C)C)[C@]2(C)CSCCN2C(=O)[C@@H]1OC(=O)C(C)(C)C. The molecule has 2 aliphatic rings. The topological polar surface area (TPSA) is 99.2 Å². The Morgan fingerprint density at radius 3 is 1.79 bits per heavy atom. The van der Waals surface area contributed by atoms with Gasteiger partial charge in [-0.25, -0.2) is 0 Å². The summed E-state index contributed by atoms with van der Waals surface area (Å²) in [5, 5.41) is 0. The van der Waals surface area contributed by atoms with Crippen molar-refractivity contribution in [1.29, 1.82) is 0 Å². The molecule has 2 fully saturated rings. The van der Waals surface area contributed by atoms with E-state index in [4.69, 9.17) is 14.2 Å². The lowest BCUT2D eigenvalue weighted by Crippen LogP contribution is -2.75. The second-order valence-corrected chi connectivity index (χ2v) is 13.3. The van der Waals surface area contributed by atoms with E-state index in [-0.39, 0.29) is 0 Å². The van der Waals surface area contributed by atoms with E-state index in [1.54, 1.807) is 79.0 Å². The number of fused-ring (bicyclic) bond motifs is 1. The van der Waals surface area contributed by atoms with Gasteiger partial charge in [-0.1, -0.05) is 0 Å². The number of piperidine rings is 1. The molecule has 1 amide bonds. The largest absolute Gasteiger partial charge is 0.455 e. The minimum Gasteiger partial charge on any atom is -0.455 e. The van der Waals surface area contributed by atoms with Crippen LogP contribution in [0.2, 0.25) is 0 Å². The van der Waals surface area contributed by atoms with Gasteiger partial charge in [-0.05, 0) is 69.2 Å². The fourth-order valence-corrected chi connectivity index (χ4v) is 4.68. The molecule has 2 rings (SSSR count). The Balaban J connectivity index is 2.60. The average Bonchev–Trinajstić information content (AvgIpc) is 2.65. The van der Waals surface area contributed by atoms with Crippen LogP contribution in [0.15, 0.2) is 0 Å². The molecule has 9 heteroatoms. The quantitative estimate of drug-likeness (QED) is 0.444. The summed E-state index contributed by atoms with van der Waals surface area (Å²) in [5.41, 5.74) is -3.50. The summed E-state index contributed by atoms with van der Waals surface area (Å²) in [6, 6.07) is 0. The first-order chi connectivity index (χ1) is 14.8. The molecule has 33 heavy (non-hydrogen) atoms. The molecule has 0 bridgehead atoms. The maximum Gasteiger partial charge on any atom is 0.312 e. The van der Waals surface area contributed by atoms with Gasteiger partial charge in [0.15, 0.2) is 12.2 Å². The lowest BCUT2D eigenvalue weighted by Gasteiger charge is -2.55. The van der Waals surface area contributed by atoms with Gasteiger partial charge in [-0.3, -0.25) is 19.2 Å². The Labute approximate surface area is 201 Å². The maximum atomic E-state index is 13.6. The van der Waals surface area contributed by atoms with Crippen LogP contribution in [-0.2, 0) is 33.4 Å². The van der Waals surface area contributed by atoms with Crippen LogP contribution in [0.3, 0.4) is 0 Å². The molecular formula is C24H39NO7S. The standard InChI is InChI=1S/C24H39NO7S/c1-21(2,3)18(27)30-14-15(31-19(28)22(4,5)6)17(26)25-11-12-33-13-24(25,10)16(14)32-20(29)23(7,8)9/h14-16H,11-13H2,1-10H3/t14-,15-,16-,24+/m1/s1. The highest BCUT2D eigenvalue weighted by Gasteiger charge is 2.62. The van der Waals surface area contributed by atoms with Crippen LogP contribution >= 0.6 is 11.8 Å². The molecule has 0 spiro atoms. The molecule has 2 heterocycles. The van der Waals surface area contributed by atoms with Crippen molar-refractivity contribution in [3.63, 3.8) is 0 Å². The molecule has 0 saturated carbocycles. The van der Waals surface area contributed by atoms with Crippen molar-refractivity contribution in [2.75, 3.05) is 18.1 Å². The Bertz CT molecular complexity index is 805. The highest BCUT2D eigenvalue weighted by Crippen LogP contribution is 2.41. The van der Waals surface area contributed by atoms with Crippen LogP contribution < -0.4 is 0 Å². The van der Waals surface area contributed by atoms with E-state index < -0.39 is 63.9 Å². The highest BCUT2D eigenvalue weighted by atomic mass is 32.2. The molecule has 0 aromatic rings. The molecule has 8 nitrogen and oxygen atoms in total. The lowest BCUT2D eigenvalue weighted by atomic mass is 9.81. The van der Waals surface area contributed by atoms with Gasteiger partial charge >= 0.3 is 17.9 Å². The number of hydrogen-bond donors (Lipinski definition) is 0. The van der Waals surface area contributed by atoms with Crippen molar-refractivity contribution in [2.24, 2.45) is 16.2 Å². The summed E-state index contributed by atoms with van der Waals surface area (Å²) >= 11 is 1.63. The van der Waals surface area contributed by atoms with Gasteiger partial charge in [0.1, 0.15) is 0 Å². The number of carbonyl (C=O) groups is 4. The number of hydrogen-bond acceptors (Lipinski definition) is 8. The minimum atomic E-state index is -1.41. The van der Waals surface area contributed by atoms with E-state index in [2.05, 4.69) is 0 Å². The third-order valence-electron chi connectivity index (χ3n) is 5.74.